The fraction of sp³-hybridized carbons (Fsp3) is 0.133. The molecule has 0 fully saturated rings. The molecule has 7 heteroatoms. The highest BCUT2D eigenvalue weighted by Crippen LogP contribution is 2.26. The molecule has 0 bridgehead atoms. The number of carbonyl (C=O) groups excluding carboxylic acids is 2. The number of pyridine rings is 1. The van der Waals surface area contributed by atoms with Gasteiger partial charge in [0.2, 0.25) is 0 Å². The number of imide groups is 1. The van der Waals surface area contributed by atoms with Gasteiger partial charge in [-0.15, -0.1) is 0 Å². The van der Waals surface area contributed by atoms with E-state index in [2.05, 4.69) is 4.98 Å². The van der Waals surface area contributed by atoms with E-state index >= 15 is 0 Å². The van der Waals surface area contributed by atoms with Crippen molar-refractivity contribution in [2.75, 3.05) is 6.54 Å². The summed E-state index contributed by atoms with van der Waals surface area (Å²) in [5.74, 6) is -0.901. The van der Waals surface area contributed by atoms with Crippen LogP contribution in [0.2, 0.25) is 0 Å². The number of nitro benzene ring substituents is 1. The van der Waals surface area contributed by atoms with Gasteiger partial charge in [0.25, 0.3) is 17.5 Å². The molecular weight excluding hydrogens is 286 g/mol. The van der Waals surface area contributed by atoms with Gasteiger partial charge in [-0.3, -0.25) is 29.6 Å². The van der Waals surface area contributed by atoms with E-state index in [0.29, 0.717) is 6.42 Å². The van der Waals surface area contributed by atoms with Crippen LogP contribution in [0.25, 0.3) is 0 Å². The van der Waals surface area contributed by atoms with Gasteiger partial charge in [-0.05, 0) is 30.2 Å². The van der Waals surface area contributed by atoms with Crippen LogP contribution in [-0.4, -0.2) is 33.2 Å². The van der Waals surface area contributed by atoms with Gasteiger partial charge in [0.1, 0.15) is 0 Å². The Bertz CT molecular complexity index is 774. The fourth-order valence-electron chi connectivity index (χ4n) is 2.39. The molecule has 0 N–H and O–H groups in total. The summed E-state index contributed by atoms with van der Waals surface area (Å²) < 4.78 is 0. The van der Waals surface area contributed by atoms with Gasteiger partial charge < -0.3 is 0 Å². The monoisotopic (exact) mass is 297 g/mol. The number of hydrogen-bond acceptors (Lipinski definition) is 5. The van der Waals surface area contributed by atoms with E-state index in [1.807, 2.05) is 12.1 Å². The molecule has 1 aromatic carbocycles. The lowest BCUT2D eigenvalue weighted by molar-refractivity contribution is -0.384. The molecule has 1 aromatic heterocycles. The Morgan fingerprint density at radius 2 is 1.73 bits per heavy atom. The minimum absolute atomic E-state index is 0.0916. The molecule has 2 heterocycles. The second-order valence-corrected chi connectivity index (χ2v) is 4.85. The number of nitrogens with zero attached hydrogens (tertiary/aromatic N) is 3. The van der Waals surface area contributed by atoms with Crippen LogP contribution in [0.15, 0.2) is 42.7 Å². The van der Waals surface area contributed by atoms with E-state index in [0.717, 1.165) is 16.5 Å². The highest BCUT2D eigenvalue weighted by atomic mass is 16.6. The summed E-state index contributed by atoms with van der Waals surface area (Å²) in [6.07, 6.45) is 3.79. The van der Waals surface area contributed by atoms with Crippen molar-refractivity contribution in [2.45, 2.75) is 6.42 Å². The van der Waals surface area contributed by atoms with Gasteiger partial charge in [-0.2, -0.15) is 0 Å². The Hall–Kier alpha value is -3.09. The van der Waals surface area contributed by atoms with Crippen molar-refractivity contribution in [1.82, 2.24) is 9.88 Å². The zero-order chi connectivity index (χ0) is 15.7. The molecule has 3 rings (SSSR count). The molecule has 0 radical (unpaired) electrons. The Morgan fingerprint density at radius 3 is 2.41 bits per heavy atom. The number of non-ortho nitro benzene ring substituents is 1. The quantitative estimate of drug-likeness (QED) is 0.487. The molecule has 0 saturated carbocycles. The van der Waals surface area contributed by atoms with Crippen LogP contribution in [0.3, 0.4) is 0 Å². The van der Waals surface area contributed by atoms with E-state index in [-0.39, 0.29) is 23.4 Å². The third-order valence-electron chi connectivity index (χ3n) is 3.54. The molecule has 1 aliphatic heterocycles. The number of nitro groups is 1. The van der Waals surface area contributed by atoms with Gasteiger partial charge in [-0.25, -0.2) is 0 Å². The molecule has 110 valence electrons. The maximum atomic E-state index is 12.3. The Kier molecular flexibility index (Phi) is 3.38. The first kappa shape index (κ1) is 13.9. The second kappa shape index (κ2) is 5.36. The summed E-state index contributed by atoms with van der Waals surface area (Å²) in [4.78, 5) is 39.7. The topological polar surface area (TPSA) is 93.4 Å². The van der Waals surface area contributed by atoms with Crippen LogP contribution < -0.4 is 0 Å². The molecule has 22 heavy (non-hydrogen) atoms. The summed E-state index contributed by atoms with van der Waals surface area (Å²) in [6.45, 7) is 0.226. The summed E-state index contributed by atoms with van der Waals surface area (Å²) in [5, 5.41) is 10.8. The Morgan fingerprint density at radius 1 is 1.05 bits per heavy atom. The summed E-state index contributed by atoms with van der Waals surface area (Å²) in [6, 6.07) is 7.34. The smallest absolute Gasteiger partial charge is 0.270 e. The molecule has 0 saturated heterocycles. The normalized spacial score (nSPS) is 13.4. The lowest BCUT2D eigenvalue weighted by Crippen LogP contribution is -2.31. The number of carbonyl (C=O) groups is 2. The highest BCUT2D eigenvalue weighted by Gasteiger charge is 2.36. The first-order valence-electron chi connectivity index (χ1n) is 6.61. The minimum atomic E-state index is -0.586. The van der Waals surface area contributed by atoms with Gasteiger partial charge in [0.15, 0.2) is 0 Å². The summed E-state index contributed by atoms with van der Waals surface area (Å²) in [5.41, 5.74) is 1.06. The lowest BCUT2D eigenvalue weighted by atomic mass is 10.1. The third kappa shape index (κ3) is 2.32. The van der Waals surface area contributed by atoms with Crippen molar-refractivity contribution in [1.29, 1.82) is 0 Å². The van der Waals surface area contributed by atoms with E-state index in [1.54, 1.807) is 12.4 Å². The number of benzene rings is 1. The number of fused-ring (bicyclic) bond motifs is 1. The van der Waals surface area contributed by atoms with Crippen LogP contribution in [0.5, 0.6) is 0 Å². The van der Waals surface area contributed by atoms with Crippen molar-refractivity contribution >= 4 is 17.5 Å². The number of amides is 2. The van der Waals surface area contributed by atoms with Gasteiger partial charge in [0, 0.05) is 31.1 Å². The average Bonchev–Trinajstić information content (AvgIpc) is 2.77. The van der Waals surface area contributed by atoms with Crippen LogP contribution in [-0.2, 0) is 6.42 Å². The first-order chi connectivity index (χ1) is 10.6. The van der Waals surface area contributed by atoms with E-state index in [9.17, 15) is 19.7 Å². The first-order valence-corrected chi connectivity index (χ1v) is 6.61. The van der Waals surface area contributed by atoms with Crippen LogP contribution in [0.4, 0.5) is 5.69 Å². The second-order valence-electron chi connectivity index (χ2n) is 4.85. The van der Waals surface area contributed by atoms with Crippen molar-refractivity contribution in [3.63, 3.8) is 0 Å². The highest BCUT2D eigenvalue weighted by molar-refractivity contribution is 6.21. The van der Waals surface area contributed by atoms with Gasteiger partial charge in [0.05, 0.1) is 16.1 Å². The van der Waals surface area contributed by atoms with Crippen LogP contribution >= 0.6 is 0 Å². The van der Waals surface area contributed by atoms with Gasteiger partial charge in [-0.1, -0.05) is 0 Å². The molecule has 0 spiro atoms. The van der Waals surface area contributed by atoms with Crippen molar-refractivity contribution in [3.8, 4) is 0 Å². The fourth-order valence-corrected chi connectivity index (χ4v) is 2.39. The van der Waals surface area contributed by atoms with Gasteiger partial charge >= 0.3 is 0 Å². The standard InChI is InChI=1S/C15H11N3O4/c19-14-12-2-1-11(18(21)22)9-13(12)15(20)17(14)8-5-10-3-6-16-7-4-10/h1-4,6-7,9H,5,8H2. The van der Waals surface area contributed by atoms with Crippen LogP contribution in [0, 0.1) is 10.1 Å². The predicted octanol–water partition coefficient (Wildman–Crippen LogP) is 1.83. The van der Waals surface area contributed by atoms with E-state index in [4.69, 9.17) is 0 Å². The molecule has 0 aliphatic carbocycles. The SMILES string of the molecule is O=C1c2ccc([N+](=O)[O-])cc2C(=O)N1CCc1ccncc1. The predicted molar refractivity (Wildman–Crippen MR) is 76.4 cm³/mol. The maximum Gasteiger partial charge on any atom is 0.270 e. The van der Waals surface area contributed by atoms with Crippen molar-refractivity contribution in [3.05, 3.63) is 69.5 Å². The largest absolute Gasteiger partial charge is 0.274 e. The molecule has 0 unspecified atom stereocenters. The van der Waals surface area contributed by atoms with Crippen molar-refractivity contribution < 1.29 is 14.5 Å². The lowest BCUT2D eigenvalue weighted by Gasteiger charge is -2.13. The number of hydrogen-bond donors (Lipinski definition) is 0. The average molecular weight is 297 g/mol. The Balaban J connectivity index is 1.82. The number of rotatable bonds is 4. The molecule has 2 amide bonds. The molecule has 2 aromatic rings. The molecule has 7 nitrogen and oxygen atoms in total. The number of aromatic nitrogens is 1. The van der Waals surface area contributed by atoms with E-state index in [1.165, 1.54) is 12.1 Å². The third-order valence-corrected chi connectivity index (χ3v) is 3.54. The summed E-state index contributed by atoms with van der Waals surface area (Å²) >= 11 is 0. The van der Waals surface area contributed by atoms with E-state index < -0.39 is 16.7 Å². The zero-order valence-electron chi connectivity index (χ0n) is 11.4. The van der Waals surface area contributed by atoms with Crippen LogP contribution in [0.1, 0.15) is 26.3 Å². The molecule has 1 aliphatic rings. The zero-order valence-corrected chi connectivity index (χ0v) is 11.4. The Labute approximate surface area is 125 Å². The summed E-state index contributed by atoms with van der Waals surface area (Å²) in [7, 11) is 0. The molecular formula is C15H11N3O4. The maximum absolute atomic E-state index is 12.3. The van der Waals surface area contributed by atoms with Crippen molar-refractivity contribution in [2.24, 2.45) is 0 Å². The minimum Gasteiger partial charge on any atom is -0.274 e. The molecule has 0 atom stereocenters.